The summed E-state index contributed by atoms with van der Waals surface area (Å²) >= 11 is -1.09. The fourth-order valence-electron chi connectivity index (χ4n) is 5.07. The molecule has 2 aromatic carbocycles. The lowest BCUT2D eigenvalue weighted by Crippen LogP contribution is -2.46. The molecule has 2 saturated heterocycles. The highest BCUT2D eigenvalue weighted by atomic mass is 32.2. The van der Waals surface area contributed by atoms with E-state index in [0.29, 0.717) is 50.6 Å². The van der Waals surface area contributed by atoms with Crippen LogP contribution in [0.3, 0.4) is 0 Å². The Kier molecular flexibility index (Phi) is 8.43. The van der Waals surface area contributed by atoms with Crippen molar-refractivity contribution >= 4 is 48.6 Å². The molecule has 0 saturated carbocycles. The van der Waals surface area contributed by atoms with Gasteiger partial charge in [0.15, 0.2) is 15.1 Å². The standard InChI is InChI=1S/C27H29N5O8S3/c1-27(14-39-15-27)16-43(36,37)23(24-31-30-22(40-24)13-28-42(34)35)25-29-20-7-6-19(12-21(20)41-25)17-2-4-18(5-3-17)26(33)32-8-10-38-11-9-32/h2-7,12,23,28H,8-11,13-16H2,1H3,(H,34,35). The van der Waals surface area contributed by atoms with E-state index in [0.717, 1.165) is 15.8 Å². The topological polar surface area (TPSA) is 174 Å². The van der Waals surface area contributed by atoms with Gasteiger partial charge >= 0.3 is 0 Å². The fourth-order valence-corrected chi connectivity index (χ4v) is 8.95. The number of rotatable bonds is 10. The molecule has 0 radical (unpaired) electrons. The van der Waals surface area contributed by atoms with Crippen LogP contribution >= 0.6 is 11.3 Å². The van der Waals surface area contributed by atoms with Gasteiger partial charge in [0.25, 0.3) is 5.91 Å². The van der Waals surface area contributed by atoms with E-state index in [1.54, 1.807) is 17.0 Å². The van der Waals surface area contributed by atoms with E-state index in [9.17, 15) is 17.4 Å². The lowest BCUT2D eigenvalue weighted by molar-refractivity contribution is -0.0870. The van der Waals surface area contributed by atoms with Gasteiger partial charge in [0.2, 0.25) is 23.0 Å². The molecule has 2 fully saturated rings. The van der Waals surface area contributed by atoms with Crippen LogP contribution in [0.2, 0.25) is 0 Å². The molecular weight excluding hydrogens is 619 g/mol. The zero-order chi connectivity index (χ0) is 30.2. The van der Waals surface area contributed by atoms with Gasteiger partial charge in [-0.2, -0.15) is 0 Å². The number of amides is 1. The molecule has 0 spiro atoms. The minimum atomic E-state index is -3.90. The third kappa shape index (κ3) is 6.55. The van der Waals surface area contributed by atoms with Crippen molar-refractivity contribution in [1.29, 1.82) is 0 Å². The van der Waals surface area contributed by atoms with Crippen LogP contribution in [-0.2, 0) is 37.1 Å². The zero-order valence-corrected chi connectivity index (χ0v) is 25.5. The minimum Gasteiger partial charge on any atom is -0.422 e. The number of nitrogens with zero attached hydrogens (tertiary/aromatic N) is 4. The maximum absolute atomic E-state index is 13.8. The predicted octanol–water partition coefficient (Wildman–Crippen LogP) is 2.59. The molecule has 228 valence electrons. The third-order valence-corrected chi connectivity index (χ3v) is 11.1. The van der Waals surface area contributed by atoms with Crippen molar-refractivity contribution in [1.82, 2.24) is 24.8 Å². The molecule has 0 bridgehead atoms. The first kappa shape index (κ1) is 29.9. The minimum absolute atomic E-state index is 0.0310. The van der Waals surface area contributed by atoms with Gasteiger partial charge in [0.05, 0.1) is 48.9 Å². The highest BCUT2D eigenvalue weighted by Gasteiger charge is 2.45. The number of ether oxygens (including phenoxy) is 2. The fraction of sp³-hybridized carbons (Fsp3) is 0.407. The molecule has 1 amide bonds. The average Bonchev–Trinajstić information content (AvgIpc) is 3.61. The summed E-state index contributed by atoms with van der Waals surface area (Å²) in [5.74, 6) is -0.395. The van der Waals surface area contributed by atoms with Gasteiger partial charge in [0.1, 0.15) is 5.01 Å². The van der Waals surface area contributed by atoms with Gasteiger partial charge < -0.3 is 18.8 Å². The van der Waals surface area contributed by atoms with Crippen LogP contribution in [0.4, 0.5) is 0 Å². The normalized spacial score (nSPS) is 18.3. The summed E-state index contributed by atoms with van der Waals surface area (Å²) in [7, 11) is -3.90. The maximum atomic E-state index is 13.8. The summed E-state index contributed by atoms with van der Waals surface area (Å²) in [6.07, 6.45) is 0. The Morgan fingerprint density at radius 3 is 2.51 bits per heavy atom. The van der Waals surface area contributed by atoms with E-state index >= 15 is 0 Å². The van der Waals surface area contributed by atoms with E-state index in [1.807, 2.05) is 37.3 Å². The predicted molar refractivity (Wildman–Crippen MR) is 158 cm³/mol. The summed E-state index contributed by atoms with van der Waals surface area (Å²) in [5.41, 5.74) is 2.44. The van der Waals surface area contributed by atoms with Crippen LogP contribution in [0.1, 0.15) is 39.3 Å². The number of morpholine rings is 1. The quantitative estimate of drug-likeness (QED) is 0.242. The molecule has 4 heterocycles. The lowest BCUT2D eigenvalue weighted by Gasteiger charge is -2.38. The van der Waals surface area contributed by atoms with E-state index in [-0.39, 0.29) is 35.0 Å². The summed E-state index contributed by atoms with van der Waals surface area (Å²) in [6.45, 7) is 4.48. The van der Waals surface area contributed by atoms with E-state index in [4.69, 9.17) is 18.4 Å². The van der Waals surface area contributed by atoms with Gasteiger partial charge in [0, 0.05) is 24.1 Å². The van der Waals surface area contributed by atoms with Crippen LogP contribution in [0, 0.1) is 5.41 Å². The second-order valence-electron chi connectivity index (χ2n) is 10.8. The van der Waals surface area contributed by atoms with E-state index in [1.165, 1.54) is 11.3 Å². The van der Waals surface area contributed by atoms with Crippen molar-refractivity contribution in [3.05, 3.63) is 64.8 Å². The van der Waals surface area contributed by atoms with Crippen LogP contribution in [0.15, 0.2) is 46.9 Å². The number of hydrogen-bond donors (Lipinski definition) is 2. The number of carbonyl (C=O) groups is 1. The molecular formula is C27H29N5O8S3. The molecule has 2 aromatic heterocycles. The summed E-state index contributed by atoms with van der Waals surface area (Å²) in [4.78, 5) is 19.3. The summed E-state index contributed by atoms with van der Waals surface area (Å²) in [6, 6.07) is 13.0. The van der Waals surface area contributed by atoms with Gasteiger partial charge in [-0.1, -0.05) is 25.1 Å². The molecule has 0 aliphatic carbocycles. The largest absolute Gasteiger partial charge is 0.422 e. The smallest absolute Gasteiger partial charge is 0.254 e. The second-order valence-corrected chi connectivity index (χ2v) is 14.7. The van der Waals surface area contributed by atoms with E-state index in [2.05, 4.69) is 19.9 Å². The second kappa shape index (κ2) is 12.1. The van der Waals surface area contributed by atoms with Crippen LogP contribution in [0.25, 0.3) is 21.3 Å². The Morgan fingerprint density at radius 2 is 1.84 bits per heavy atom. The van der Waals surface area contributed by atoms with Gasteiger partial charge in [-0.15, -0.1) is 21.5 Å². The Labute approximate surface area is 253 Å². The van der Waals surface area contributed by atoms with Crippen LogP contribution < -0.4 is 4.72 Å². The first-order valence-corrected chi connectivity index (χ1v) is 17.1. The zero-order valence-electron chi connectivity index (χ0n) is 23.1. The number of fused-ring (bicyclic) bond motifs is 1. The third-order valence-electron chi connectivity index (χ3n) is 7.26. The number of aromatic nitrogens is 3. The highest BCUT2D eigenvalue weighted by molar-refractivity contribution is 7.92. The van der Waals surface area contributed by atoms with Crippen LogP contribution in [0.5, 0.6) is 0 Å². The first-order chi connectivity index (χ1) is 20.6. The van der Waals surface area contributed by atoms with Gasteiger partial charge in [-0.3, -0.25) is 9.35 Å². The maximum Gasteiger partial charge on any atom is 0.254 e. The molecule has 16 heteroatoms. The van der Waals surface area contributed by atoms with E-state index < -0.39 is 31.8 Å². The molecule has 2 unspecified atom stereocenters. The molecule has 4 aromatic rings. The van der Waals surface area contributed by atoms with Crippen molar-refractivity contribution < 1.29 is 35.9 Å². The molecule has 6 rings (SSSR count). The Morgan fingerprint density at radius 1 is 1.12 bits per heavy atom. The van der Waals surface area contributed by atoms with Crippen molar-refractivity contribution in [2.45, 2.75) is 18.7 Å². The monoisotopic (exact) mass is 647 g/mol. The molecule has 13 nitrogen and oxygen atoms in total. The number of hydrogen-bond acceptors (Lipinski definition) is 11. The van der Waals surface area contributed by atoms with Gasteiger partial charge in [-0.05, 0) is 35.4 Å². The average molecular weight is 648 g/mol. The van der Waals surface area contributed by atoms with Crippen LogP contribution in [-0.4, -0.2) is 88.4 Å². The summed E-state index contributed by atoms with van der Waals surface area (Å²) in [5, 5.41) is 6.80. The van der Waals surface area contributed by atoms with Crippen molar-refractivity contribution in [3.8, 4) is 11.1 Å². The molecule has 2 aliphatic heterocycles. The Balaban J connectivity index is 1.30. The number of sulfone groups is 1. The number of nitrogens with one attached hydrogen (secondary N) is 1. The molecule has 2 aliphatic rings. The summed E-state index contributed by atoms with van der Waals surface area (Å²) < 4.78 is 66.9. The molecule has 43 heavy (non-hydrogen) atoms. The highest BCUT2D eigenvalue weighted by Crippen LogP contribution is 2.40. The van der Waals surface area contributed by atoms with Gasteiger partial charge in [-0.25, -0.2) is 22.3 Å². The first-order valence-electron chi connectivity index (χ1n) is 13.4. The number of carbonyl (C=O) groups excluding carboxylic acids is 1. The van der Waals surface area contributed by atoms with Crippen molar-refractivity contribution in [2.24, 2.45) is 5.41 Å². The van der Waals surface area contributed by atoms with Crippen molar-refractivity contribution in [3.63, 3.8) is 0 Å². The van der Waals surface area contributed by atoms with Crippen molar-refractivity contribution in [2.75, 3.05) is 45.3 Å². The number of thiazole rings is 1. The lowest BCUT2D eigenvalue weighted by atomic mass is 9.92. The Hall–Kier alpha value is -3.12. The SMILES string of the molecule is CC1(CS(=O)(=O)C(c2nnc(CNS(=O)O)o2)c2nc3ccc(-c4ccc(C(=O)N5CCOCC5)cc4)cc3s2)COC1. The Bertz CT molecular complexity index is 1760. The molecule has 2 atom stereocenters. The number of benzene rings is 2. The molecule has 2 N–H and O–H groups in total.